The van der Waals surface area contributed by atoms with Gasteiger partial charge in [0.05, 0.1) is 5.25 Å². The van der Waals surface area contributed by atoms with E-state index < -0.39 is 0 Å². The number of amides is 1. The van der Waals surface area contributed by atoms with E-state index in [2.05, 4.69) is 17.5 Å². The highest BCUT2D eigenvalue weighted by Crippen LogP contribution is 2.21. The predicted molar refractivity (Wildman–Crippen MR) is 64.2 cm³/mol. The highest BCUT2D eigenvalue weighted by atomic mass is 32.1. The maximum atomic E-state index is 11.7. The van der Waals surface area contributed by atoms with Crippen molar-refractivity contribution >= 4 is 18.5 Å². The van der Waals surface area contributed by atoms with Gasteiger partial charge in [0.25, 0.3) is 0 Å². The summed E-state index contributed by atoms with van der Waals surface area (Å²) in [5.74, 6) is 0.194. The van der Waals surface area contributed by atoms with Crippen LogP contribution in [0, 0.1) is 0 Å². The molecule has 0 aromatic carbocycles. The van der Waals surface area contributed by atoms with Gasteiger partial charge in [-0.25, -0.2) is 0 Å². The summed E-state index contributed by atoms with van der Waals surface area (Å²) in [6.45, 7) is 6.15. The molecule has 2 saturated heterocycles. The van der Waals surface area contributed by atoms with Crippen molar-refractivity contribution in [1.29, 1.82) is 0 Å². The van der Waals surface area contributed by atoms with Crippen LogP contribution in [0.4, 0.5) is 0 Å². The first-order valence-corrected chi connectivity index (χ1v) is 6.41. The molecule has 1 amide bonds. The number of hydrogen-bond acceptors (Lipinski definition) is 3. The van der Waals surface area contributed by atoms with Crippen LogP contribution in [0.2, 0.25) is 0 Å². The summed E-state index contributed by atoms with van der Waals surface area (Å²) in [6, 6.07) is 0.614. The van der Waals surface area contributed by atoms with Crippen LogP contribution in [0.15, 0.2) is 0 Å². The van der Waals surface area contributed by atoms with Crippen molar-refractivity contribution < 1.29 is 4.79 Å². The Hall–Kier alpha value is -0.220. The third kappa shape index (κ3) is 2.48. The second-order valence-corrected chi connectivity index (χ2v) is 5.42. The number of carbonyl (C=O) groups is 1. The quantitative estimate of drug-likeness (QED) is 0.713. The fourth-order valence-electron chi connectivity index (χ4n) is 2.61. The molecule has 0 aliphatic carbocycles. The molecule has 2 unspecified atom stereocenters. The molecule has 2 fully saturated rings. The van der Waals surface area contributed by atoms with Crippen LogP contribution in [0.25, 0.3) is 0 Å². The summed E-state index contributed by atoms with van der Waals surface area (Å²) >= 11 is 4.20. The Balaban J connectivity index is 1.86. The van der Waals surface area contributed by atoms with Gasteiger partial charge in [-0.2, -0.15) is 12.6 Å². The number of nitrogens with zero attached hydrogens (tertiary/aromatic N) is 2. The molecule has 0 saturated carbocycles. The summed E-state index contributed by atoms with van der Waals surface area (Å²) < 4.78 is 0. The summed E-state index contributed by atoms with van der Waals surface area (Å²) in [6.07, 6.45) is 3.80. The fourth-order valence-corrected chi connectivity index (χ4v) is 2.77. The molecule has 0 N–H and O–H groups in total. The molecule has 0 bridgehead atoms. The Morgan fingerprint density at radius 2 is 2.00 bits per heavy atom. The summed E-state index contributed by atoms with van der Waals surface area (Å²) in [5, 5.41) is -0.151. The van der Waals surface area contributed by atoms with E-state index in [-0.39, 0.29) is 11.2 Å². The van der Waals surface area contributed by atoms with Gasteiger partial charge in [-0.3, -0.25) is 9.69 Å². The number of carbonyl (C=O) groups excluding carboxylic acids is 1. The van der Waals surface area contributed by atoms with Gasteiger partial charge in [-0.05, 0) is 39.3 Å². The number of thiol groups is 1. The zero-order valence-electron chi connectivity index (χ0n) is 9.35. The lowest BCUT2D eigenvalue weighted by Crippen LogP contribution is -2.39. The molecule has 3 nitrogen and oxygen atoms in total. The van der Waals surface area contributed by atoms with Gasteiger partial charge in [-0.15, -0.1) is 0 Å². The van der Waals surface area contributed by atoms with E-state index in [9.17, 15) is 4.79 Å². The molecular weight excluding hydrogens is 208 g/mol. The van der Waals surface area contributed by atoms with Gasteiger partial charge >= 0.3 is 0 Å². The zero-order chi connectivity index (χ0) is 10.8. The minimum atomic E-state index is -0.151. The van der Waals surface area contributed by atoms with Gasteiger partial charge < -0.3 is 4.90 Å². The molecule has 2 atom stereocenters. The molecule has 2 aliphatic heterocycles. The first-order valence-electron chi connectivity index (χ1n) is 5.89. The lowest BCUT2D eigenvalue weighted by atomic mass is 10.2. The highest BCUT2D eigenvalue weighted by Gasteiger charge is 2.32. The maximum Gasteiger partial charge on any atom is 0.235 e. The van der Waals surface area contributed by atoms with Crippen LogP contribution in [-0.2, 0) is 4.79 Å². The van der Waals surface area contributed by atoms with E-state index in [4.69, 9.17) is 0 Å². The third-order valence-electron chi connectivity index (χ3n) is 3.49. The molecule has 0 radical (unpaired) electrons. The summed E-state index contributed by atoms with van der Waals surface area (Å²) in [4.78, 5) is 16.2. The minimum Gasteiger partial charge on any atom is -0.340 e. The van der Waals surface area contributed by atoms with Gasteiger partial charge in [0, 0.05) is 19.1 Å². The molecule has 0 aromatic heterocycles. The number of rotatable bonds is 2. The van der Waals surface area contributed by atoms with Gasteiger partial charge in [-0.1, -0.05) is 0 Å². The lowest BCUT2D eigenvalue weighted by molar-refractivity contribution is -0.129. The van der Waals surface area contributed by atoms with E-state index >= 15 is 0 Å². The first-order chi connectivity index (χ1) is 7.18. The molecular formula is C11H20N2OS. The number of hydrogen-bond donors (Lipinski definition) is 1. The highest BCUT2D eigenvalue weighted by molar-refractivity contribution is 7.81. The van der Waals surface area contributed by atoms with Crippen LogP contribution < -0.4 is 0 Å². The van der Waals surface area contributed by atoms with Crippen LogP contribution in [0.5, 0.6) is 0 Å². The Labute approximate surface area is 97.2 Å². The topological polar surface area (TPSA) is 23.6 Å². The van der Waals surface area contributed by atoms with Crippen molar-refractivity contribution in [2.45, 2.75) is 37.5 Å². The van der Waals surface area contributed by atoms with E-state index in [1.54, 1.807) is 0 Å². The van der Waals surface area contributed by atoms with Crippen LogP contribution in [0.3, 0.4) is 0 Å². The molecule has 0 spiro atoms. The second kappa shape index (κ2) is 4.74. The second-order valence-electron chi connectivity index (χ2n) is 4.65. The van der Waals surface area contributed by atoms with Gasteiger partial charge in [0.15, 0.2) is 0 Å². The molecule has 2 rings (SSSR count). The van der Waals surface area contributed by atoms with Crippen LogP contribution in [0.1, 0.15) is 26.2 Å². The van der Waals surface area contributed by atoms with E-state index in [0.29, 0.717) is 6.04 Å². The normalized spacial score (nSPS) is 29.7. The van der Waals surface area contributed by atoms with Crippen molar-refractivity contribution in [2.75, 3.05) is 26.2 Å². The van der Waals surface area contributed by atoms with Crippen molar-refractivity contribution in [3.8, 4) is 0 Å². The van der Waals surface area contributed by atoms with Crippen LogP contribution in [-0.4, -0.2) is 53.2 Å². The smallest absolute Gasteiger partial charge is 0.235 e. The molecule has 0 aromatic rings. The van der Waals surface area contributed by atoms with Gasteiger partial charge in [0.1, 0.15) is 0 Å². The molecule has 2 aliphatic rings. The first kappa shape index (κ1) is 11.3. The Bertz CT molecular complexity index is 239. The zero-order valence-corrected chi connectivity index (χ0v) is 10.2. The predicted octanol–water partition coefficient (Wildman–Crippen LogP) is 1.00. The Morgan fingerprint density at radius 3 is 2.60 bits per heavy atom. The lowest BCUT2D eigenvalue weighted by Gasteiger charge is -2.24. The standard InChI is InChI=1S/C11H20N2OS/c1-9(15)11(14)13-7-4-10(8-13)12-5-2-3-6-12/h9-10,15H,2-8H2,1H3. The average Bonchev–Trinajstić information content (AvgIpc) is 2.86. The molecule has 4 heteroatoms. The van der Waals surface area contributed by atoms with Crippen molar-refractivity contribution in [1.82, 2.24) is 9.80 Å². The summed E-state index contributed by atoms with van der Waals surface area (Å²) in [5.41, 5.74) is 0. The van der Waals surface area contributed by atoms with E-state index in [0.717, 1.165) is 19.5 Å². The molecule has 86 valence electrons. The average molecular weight is 228 g/mol. The Kier molecular flexibility index (Phi) is 3.57. The van der Waals surface area contributed by atoms with Gasteiger partial charge in [0.2, 0.25) is 5.91 Å². The summed E-state index contributed by atoms with van der Waals surface area (Å²) in [7, 11) is 0. The van der Waals surface area contributed by atoms with E-state index in [1.165, 1.54) is 25.9 Å². The third-order valence-corrected chi connectivity index (χ3v) is 3.71. The van der Waals surface area contributed by atoms with Crippen molar-refractivity contribution in [3.05, 3.63) is 0 Å². The number of likely N-dealkylation sites (tertiary alicyclic amines) is 2. The monoisotopic (exact) mass is 228 g/mol. The van der Waals surface area contributed by atoms with Crippen LogP contribution >= 0.6 is 12.6 Å². The fraction of sp³-hybridized carbons (Fsp3) is 0.909. The largest absolute Gasteiger partial charge is 0.340 e. The Morgan fingerprint density at radius 1 is 1.33 bits per heavy atom. The molecule has 15 heavy (non-hydrogen) atoms. The molecule has 2 heterocycles. The minimum absolute atomic E-state index is 0.151. The maximum absolute atomic E-state index is 11.7. The van der Waals surface area contributed by atoms with Crippen molar-refractivity contribution in [2.24, 2.45) is 0 Å². The van der Waals surface area contributed by atoms with Crippen molar-refractivity contribution in [3.63, 3.8) is 0 Å². The SMILES string of the molecule is CC(S)C(=O)N1CCC(N2CCCC2)C1. The van der Waals surface area contributed by atoms with E-state index in [1.807, 2.05) is 11.8 Å².